The van der Waals surface area contributed by atoms with Gasteiger partial charge in [-0.3, -0.25) is 10.1 Å². The van der Waals surface area contributed by atoms with E-state index in [0.29, 0.717) is 10.2 Å². The summed E-state index contributed by atoms with van der Waals surface area (Å²) in [4.78, 5) is 13.7. The SMILES string of the molecule is C#CCOc1nc2cc([N+](=O)[O-])c(F)cc2s1. The number of fused-ring (bicyclic) bond motifs is 1. The van der Waals surface area contributed by atoms with Gasteiger partial charge in [-0.1, -0.05) is 17.3 Å². The minimum absolute atomic E-state index is 0.0460. The van der Waals surface area contributed by atoms with Crippen LogP contribution in [0.2, 0.25) is 0 Å². The van der Waals surface area contributed by atoms with Gasteiger partial charge in [0.25, 0.3) is 5.19 Å². The second-order valence-corrected chi connectivity index (χ2v) is 3.99. The second kappa shape index (κ2) is 4.35. The van der Waals surface area contributed by atoms with Crippen molar-refractivity contribution in [3.63, 3.8) is 0 Å². The van der Waals surface area contributed by atoms with Crippen LogP contribution in [0.25, 0.3) is 10.2 Å². The van der Waals surface area contributed by atoms with Gasteiger partial charge in [-0.2, -0.15) is 4.39 Å². The maximum Gasteiger partial charge on any atom is 0.307 e. The van der Waals surface area contributed by atoms with Crippen LogP contribution in [0.3, 0.4) is 0 Å². The topological polar surface area (TPSA) is 65.3 Å². The van der Waals surface area contributed by atoms with Gasteiger partial charge in [0.05, 0.1) is 15.1 Å². The van der Waals surface area contributed by atoms with Gasteiger partial charge in [-0.25, -0.2) is 4.98 Å². The van der Waals surface area contributed by atoms with E-state index in [1.165, 1.54) is 0 Å². The Morgan fingerprint density at radius 3 is 3.06 bits per heavy atom. The quantitative estimate of drug-likeness (QED) is 0.478. The molecule has 5 nitrogen and oxygen atoms in total. The molecule has 2 rings (SSSR count). The first-order chi connectivity index (χ1) is 8.11. The molecule has 0 N–H and O–H groups in total. The second-order valence-electron chi connectivity index (χ2n) is 3.00. The number of halogens is 1. The van der Waals surface area contributed by atoms with Crippen LogP contribution in [-0.2, 0) is 0 Å². The van der Waals surface area contributed by atoms with Gasteiger partial charge in [-0.05, 0) is 0 Å². The first-order valence-electron chi connectivity index (χ1n) is 4.42. The number of hydrogen-bond donors (Lipinski definition) is 0. The highest BCUT2D eigenvalue weighted by atomic mass is 32.1. The molecule has 0 fully saturated rings. The zero-order valence-electron chi connectivity index (χ0n) is 8.34. The average Bonchev–Trinajstić information content (AvgIpc) is 2.66. The minimum Gasteiger partial charge on any atom is -0.457 e. The Balaban J connectivity index is 2.47. The predicted molar refractivity (Wildman–Crippen MR) is 60.6 cm³/mol. The van der Waals surface area contributed by atoms with Gasteiger partial charge >= 0.3 is 5.69 Å². The molecule has 0 aliphatic heterocycles. The zero-order chi connectivity index (χ0) is 12.4. The summed E-state index contributed by atoms with van der Waals surface area (Å²) in [5.41, 5.74) is -0.290. The third kappa shape index (κ3) is 2.16. The largest absolute Gasteiger partial charge is 0.457 e. The summed E-state index contributed by atoms with van der Waals surface area (Å²) in [6.45, 7) is 0.0460. The molecular weight excluding hydrogens is 247 g/mol. The minimum atomic E-state index is -0.894. The van der Waals surface area contributed by atoms with E-state index in [4.69, 9.17) is 11.2 Å². The van der Waals surface area contributed by atoms with E-state index in [2.05, 4.69) is 10.9 Å². The van der Waals surface area contributed by atoms with Gasteiger partial charge in [-0.15, -0.1) is 6.42 Å². The van der Waals surface area contributed by atoms with Crippen LogP contribution in [0.15, 0.2) is 12.1 Å². The molecule has 1 aromatic heterocycles. The summed E-state index contributed by atoms with van der Waals surface area (Å²) >= 11 is 1.08. The molecule has 0 radical (unpaired) electrons. The fourth-order valence-corrected chi connectivity index (χ4v) is 2.04. The highest BCUT2D eigenvalue weighted by Crippen LogP contribution is 2.32. The van der Waals surface area contributed by atoms with Crippen LogP contribution >= 0.6 is 11.3 Å². The van der Waals surface area contributed by atoms with Crippen molar-refractivity contribution in [3.05, 3.63) is 28.1 Å². The van der Waals surface area contributed by atoms with Crippen molar-refractivity contribution in [3.8, 4) is 17.5 Å². The van der Waals surface area contributed by atoms with Crippen LogP contribution in [0.4, 0.5) is 10.1 Å². The van der Waals surface area contributed by atoms with Crippen molar-refractivity contribution < 1.29 is 14.1 Å². The van der Waals surface area contributed by atoms with Gasteiger partial charge in [0, 0.05) is 12.1 Å². The molecular formula is C10H5FN2O3S. The molecule has 0 unspecified atom stereocenters. The van der Waals surface area contributed by atoms with Crippen molar-refractivity contribution in [2.24, 2.45) is 0 Å². The summed E-state index contributed by atoms with van der Waals surface area (Å²) in [5.74, 6) is 1.37. The summed E-state index contributed by atoms with van der Waals surface area (Å²) in [6.07, 6.45) is 5.01. The van der Waals surface area contributed by atoms with Gasteiger partial charge < -0.3 is 4.74 Å². The Kier molecular flexibility index (Phi) is 2.89. The number of thiazole rings is 1. The van der Waals surface area contributed by atoms with Crippen molar-refractivity contribution >= 4 is 27.2 Å². The highest BCUT2D eigenvalue weighted by Gasteiger charge is 2.17. The highest BCUT2D eigenvalue weighted by molar-refractivity contribution is 7.20. The average molecular weight is 252 g/mol. The third-order valence-corrected chi connectivity index (χ3v) is 2.84. The zero-order valence-corrected chi connectivity index (χ0v) is 9.16. The van der Waals surface area contributed by atoms with Gasteiger partial charge in [0.1, 0.15) is 0 Å². The molecule has 0 amide bonds. The van der Waals surface area contributed by atoms with Gasteiger partial charge in [0.15, 0.2) is 6.61 Å². The van der Waals surface area contributed by atoms with E-state index < -0.39 is 16.4 Å². The maximum absolute atomic E-state index is 13.3. The molecule has 2 aromatic rings. The lowest BCUT2D eigenvalue weighted by Crippen LogP contribution is -1.92. The number of nitro benzene ring substituents is 1. The van der Waals surface area contributed by atoms with Crippen LogP contribution in [0.1, 0.15) is 0 Å². The predicted octanol–water partition coefficient (Wildman–Crippen LogP) is 2.36. The standard InChI is InChI=1S/C10H5FN2O3S/c1-2-3-16-10-12-7-5-8(13(14)15)6(11)4-9(7)17-10/h1,4-5H,3H2. The fourth-order valence-electron chi connectivity index (χ4n) is 1.22. The monoisotopic (exact) mass is 252 g/mol. The molecule has 0 aliphatic rings. The van der Waals surface area contributed by atoms with E-state index in [-0.39, 0.29) is 11.8 Å². The Morgan fingerprint density at radius 2 is 2.41 bits per heavy atom. The molecule has 1 aromatic carbocycles. The molecule has 0 spiro atoms. The molecule has 17 heavy (non-hydrogen) atoms. The number of hydrogen-bond acceptors (Lipinski definition) is 5. The Labute approximate surface area is 99.0 Å². The molecule has 0 saturated heterocycles. The smallest absolute Gasteiger partial charge is 0.307 e. The van der Waals surface area contributed by atoms with Crippen molar-refractivity contribution in [2.45, 2.75) is 0 Å². The summed E-state index contributed by atoms with van der Waals surface area (Å²) in [6, 6.07) is 2.14. The fraction of sp³-hybridized carbons (Fsp3) is 0.100. The summed E-state index contributed by atoms with van der Waals surface area (Å²) in [5, 5.41) is 10.8. The number of ether oxygens (including phenoxy) is 1. The lowest BCUT2D eigenvalue weighted by atomic mass is 10.3. The first kappa shape index (κ1) is 11.3. The number of terminal acetylenes is 1. The molecule has 0 bridgehead atoms. The first-order valence-corrected chi connectivity index (χ1v) is 5.24. The van der Waals surface area contributed by atoms with E-state index in [1.807, 2.05) is 0 Å². The maximum atomic E-state index is 13.3. The summed E-state index contributed by atoms with van der Waals surface area (Å²) in [7, 11) is 0. The molecule has 0 aliphatic carbocycles. The van der Waals surface area contributed by atoms with Crippen molar-refractivity contribution in [1.29, 1.82) is 0 Å². The molecule has 86 valence electrons. The molecule has 7 heteroatoms. The van der Waals surface area contributed by atoms with Crippen molar-refractivity contribution in [2.75, 3.05) is 6.61 Å². The van der Waals surface area contributed by atoms with E-state index in [1.54, 1.807) is 0 Å². The summed E-state index contributed by atoms with van der Waals surface area (Å²) < 4.78 is 18.8. The number of rotatable bonds is 3. The Morgan fingerprint density at radius 1 is 1.65 bits per heavy atom. The van der Waals surface area contributed by atoms with E-state index >= 15 is 0 Å². The third-order valence-electron chi connectivity index (χ3n) is 1.91. The number of nitro groups is 1. The molecule has 0 atom stereocenters. The van der Waals surface area contributed by atoms with Crippen LogP contribution in [-0.4, -0.2) is 16.5 Å². The van der Waals surface area contributed by atoms with Crippen LogP contribution < -0.4 is 4.74 Å². The molecule has 0 saturated carbocycles. The molecule has 1 heterocycles. The van der Waals surface area contributed by atoms with E-state index in [9.17, 15) is 14.5 Å². The Bertz CT molecular complexity index is 632. The number of aromatic nitrogens is 1. The lowest BCUT2D eigenvalue weighted by Gasteiger charge is -1.92. The van der Waals surface area contributed by atoms with Crippen molar-refractivity contribution in [1.82, 2.24) is 4.98 Å². The number of benzene rings is 1. The van der Waals surface area contributed by atoms with E-state index in [0.717, 1.165) is 23.5 Å². The lowest BCUT2D eigenvalue weighted by molar-refractivity contribution is -0.387. The van der Waals surface area contributed by atoms with Gasteiger partial charge in [0.2, 0.25) is 5.82 Å². The normalized spacial score (nSPS) is 10.1. The number of nitrogens with zero attached hydrogens (tertiary/aromatic N) is 2. The van der Waals surface area contributed by atoms with Crippen LogP contribution in [0.5, 0.6) is 5.19 Å². The van der Waals surface area contributed by atoms with Crippen LogP contribution in [0, 0.1) is 28.3 Å². The Hall–Kier alpha value is -2.20.